The molecule has 0 aliphatic carbocycles. The Morgan fingerprint density at radius 2 is 1.53 bits per heavy atom. The van der Waals surface area contributed by atoms with Crippen LogP contribution < -0.4 is 0 Å². The van der Waals surface area contributed by atoms with Crippen LogP contribution in [0.25, 0.3) is 0 Å². The van der Waals surface area contributed by atoms with Crippen LogP contribution in [0.1, 0.15) is 26.7 Å². The monoisotopic (exact) mass is 242 g/mol. The lowest BCUT2D eigenvalue weighted by atomic mass is 9.87. The zero-order chi connectivity index (χ0) is 12.3. The third-order valence-corrected chi connectivity index (χ3v) is 4.22. The van der Waals surface area contributed by atoms with Crippen LogP contribution in [0, 0.1) is 11.8 Å². The quantitative estimate of drug-likeness (QED) is 0.800. The summed E-state index contributed by atoms with van der Waals surface area (Å²) in [6.07, 6.45) is 2.05. The molecule has 1 unspecified atom stereocenters. The molecular formula is C13H26N2O2. The molecular weight excluding hydrogens is 216 g/mol. The predicted molar refractivity (Wildman–Crippen MR) is 67.5 cm³/mol. The molecule has 17 heavy (non-hydrogen) atoms. The van der Waals surface area contributed by atoms with Crippen LogP contribution in [-0.4, -0.2) is 60.7 Å². The molecule has 0 spiro atoms. The predicted octanol–water partition coefficient (Wildman–Crippen LogP) is 0.963. The molecule has 1 N–H and O–H groups in total. The van der Waals surface area contributed by atoms with Crippen molar-refractivity contribution in [2.75, 3.05) is 39.4 Å². The van der Waals surface area contributed by atoms with E-state index in [-0.39, 0.29) is 0 Å². The Balaban J connectivity index is 1.79. The Morgan fingerprint density at radius 1 is 1.00 bits per heavy atom. The number of ether oxygens (including phenoxy) is 1. The number of aliphatic hydroxyl groups is 1. The molecule has 2 rings (SSSR count). The maximum absolute atomic E-state index is 10.3. The Labute approximate surface area is 105 Å². The molecule has 0 bridgehead atoms. The lowest BCUT2D eigenvalue weighted by Gasteiger charge is -2.41. The van der Waals surface area contributed by atoms with E-state index in [9.17, 15) is 5.11 Å². The van der Waals surface area contributed by atoms with Gasteiger partial charge in [0.2, 0.25) is 0 Å². The highest BCUT2D eigenvalue weighted by Gasteiger charge is 2.29. The maximum Gasteiger partial charge on any atom is 0.165 e. The highest BCUT2D eigenvalue weighted by molar-refractivity contribution is 4.76. The van der Waals surface area contributed by atoms with E-state index in [1.165, 1.54) is 12.8 Å². The topological polar surface area (TPSA) is 35.9 Å². The van der Waals surface area contributed by atoms with Crippen LogP contribution in [-0.2, 0) is 4.74 Å². The van der Waals surface area contributed by atoms with Gasteiger partial charge >= 0.3 is 0 Å². The van der Waals surface area contributed by atoms with Gasteiger partial charge in [-0.25, -0.2) is 0 Å². The molecule has 0 aromatic heterocycles. The third kappa shape index (κ3) is 3.41. The fraction of sp³-hybridized carbons (Fsp3) is 1.00. The molecule has 2 saturated heterocycles. The summed E-state index contributed by atoms with van der Waals surface area (Å²) in [7, 11) is 0. The fourth-order valence-corrected chi connectivity index (χ4v) is 2.86. The third-order valence-electron chi connectivity index (χ3n) is 4.22. The van der Waals surface area contributed by atoms with Crippen molar-refractivity contribution in [3.8, 4) is 0 Å². The molecule has 0 amide bonds. The standard InChI is InChI=1S/C13H26N2O2/c1-11(2)12-3-5-14(6-4-12)13(16)15-7-9-17-10-8-15/h11-13,16H,3-10H2,1-2H3. The Morgan fingerprint density at radius 3 is 2.06 bits per heavy atom. The van der Waals surface area contributed by atoms with E-state index < -0.39 is 6.35 Å². The van der Waals surface area contributed by atoms with Crippen LogP contribution in [0.5, 0.6) is 0 Å². The van der Waals surface area contributed by atoms with Crippen molar-refractivity contribution < 1.29 is 9.84 Å². The number of nitrogens with zero attached hydrogens (tertiary/aromatic N) is 2. The van der Waals surface area contributed by atoms with Crippen LogP contribution in [0.3, 0.4) is 0 Å². The molecule has 0 aromatic carbocycles. The summed E-state index contributed by atoms with van der Waals surface area (Å²) in [5.74, 6) is 1.61. The summed E-state index contributed by atoms with van der Waals surface area (Å²) in [4.78, 5) is 4.34. The van der Waals surface area contributed by atoms with Gasteiger partial charge in [0.25, 0.3) is 0 Å². The smallest absolute Gasteiger partial charge is 0.165 e. The summed E-state index contributed by atoms with van der Waals surface area (Å²) in [6.45, 7) is 9.87. The summed E-state index contributed by atoms with van der Waals surface area (Å²) >= 11 is 0. The molecule has 0 aromatic rings. The maximum atomic E-state index is 10.3. The minimum Gasteiger partial charge on any atom is -0.379 e. The molecule has 2 aliphatic heterocycles. The van der Waals surface area contributed by atoms with Crippen LogP contribution >= 0.6 is 0 Å². The Kier molecular flexibility index (Phi) is 4.79. The molecule has 2 aliphatic rings. The van der Waals surface area contributed by atoms with E-state index in [2.05, 4.69) is 23.6 Å². The SMILES string of the molecule is CC(C)C1CCN(C(O)N2CCOCC2)CC1. The first kappa shape index (κ1) is 13.3. The number of likely N-dealkylation sites (tertiary alicyclic amines) is 1. The average Bonchev–Trinajstić information content (AvgIpc) is 2.39. The van der Waals surface area contributed by atoms with Crippen LogP contribution in [0.2, 0.25) is 0 Å². The van der Waals surface area contributed by atoms with Crippen molar-refractivity contribution in [3.05, 3.63) is 0 Å². The van der Waals surface area contributed by atoms with Gasteiger partial charge in [0.05, 0.1) is 13.2 Å². The van der Waals surface area contributed by atoms with E-state index in [4.69, 9.17) is 4.74 Å². The van der Waals surface area contributed by atoms with Crippen LogP contribution in [0.15, 0.2) is 0 Å². The number of piperidine rings is 1. The largest absolute Gasteiger partial charge is 0.379 e. The highest BCUT2D eigenvalue weighted by atomic mass is 16.5. The number of rotatable bonds is 3. The number of morpholine rings is 1. The second-order valence-corrected chi connectivity index (χ2v) is 5.61. The number of hydrogen-bond donors (Lipinski definition) is 1. The highest BCUT2D eigenvalue weighted by Crippen LogP contribution is 2.25. The minimum atomic E-state index is -0.396. The van der Waals surface area contributed by atoms with Gasteiger partial charge in [-0.15, -0.1) is 0 Å². The van der Waals surface area contributed by atoms with E-state index in [0.29, 0.717) is 0 Å². The van der Waals surface area contributed by atoms with Crippen molar-refractivity contribution in [1.29, 1.82) is 0 Å². The first-order valence-corrected chi connectivity index (χ1v) is 6.92. The van der Waals surface area contributed by atoms with Gasteiger partial charge in [-0.05, 0) is 24.7 Å². The molecule has 0 saturated carbocycles. The lowest BCUT2D eigenvalue weighted by Crippen LogP contribution is -2.54. The van der Waals surface area contributed by atoms with E-state index in [0.717, 1.165) is 51.2 Å². The first-order chi connectivity index (χ1) is 8.18. The zero-order valence-electron chi connectivity index (χ0n) is 11.1. The van der Waals surface area contributed by atoms with Crippen molar-refractivity contribution in [2.45, 2.75) is 33.0 Å². The summed E-state index contributed by atoms with van der Waals surface area (Å²) in [6, 6.07) is 0. The zero-order valence-corrected chi connectivity index (χ0v) is 11.1. The van der Waals surface area contributed by atoms with Crippen molar-refractivity contribution in [3.63, 3.8) is 0 Å². The first-order valence-electron chi connectivity index (χ1n) is 6.92. The van der Waals surface area contributed by atoms with Gasteiger partial charge < -0.3 is 9.84 Å². The Bertz CT molecular complexity index is 221. The minimum absolute atomic E-state index is 0.396. The van der Waals surface area contributed by atoms with Gasteiger partial charge in [-0.3, -0.25) is 9.80 Å². The van der Waals surface area contributed by atoms with E-state index >= 15 is 0 Å². The van der Waals surface area contributed by atoms with Gasteiger partial charge in [0.1, 0.15) is 0 Å². The fourth-order valence-electron chi connectivity index (χ4n) is 2.86. The van der Waals surface area contributed by atoms with Gasteiger partial charge in [0.15, 0.2) is 6.35 Å². The molecule has 0 radical (unpaired) electrons. The van der Waals surface area contributed by atoms with Crippen LogP contribution in [0.4, 0.5) is 0 Å². The van der Waals surface area contributed by atoms with Gasteiger partial charge in [-0.1, -0.05) is 13.8 Å². The molecule has 2 heterocycles. The van der Waals surface area contributed by atoms with E-state index in [1.807, 2.05) is 0 Å². The Hall–Kier alpha value is -0.160. The summed E-state index contributed by atoms with van der Waals surface area (Å²) in [5, 5.41) is 10.3. The van der Waals surface area contributed by atoms with Crippen molar-refractivity contribution in [2.24, 2.45) is 11.8 Å². The number of aliphatic hydroxyl groups excluding tert-OH is 1. The van der Waals surface area contributed by atoms with Gasteiger partial charge in [-0.2, -0.15) is 0 Å². The molecule has 100 valence electrons. The second kappa shape index (κ2) is 6.14. The number of hydrogen-bond acceptors (Lipinski definition) is 4. The molecule has 4 nitrogen and oxygen atoms in total. The van der Waals surface area contributed by atoms with Crippen molar-refractivity contribution in [1.82, 2.24) is 9.80 Å². The second-order valence-electron chi connectivity index (χ2n) is 5.61. The summed E-state index contributed by atoms with van der Waals surface area (Å²) in [5.41, 5.74) is 0. The molecule has 4 heteroatoms. The van der Waals surface area contributed by atoms with E-state index in [1.54, 1.807) is 0 Å². The normalized spacial score (nSPS) is 27.5. The van der Waals surface area contributed by atoms with Crippen molar-refractivity contribution >= 4 is 0 Å². The lowest BCUT2D eigenvalue weighted by molar-refractivity contribution is -0.147. The van der Waals surface area contributed by atoms with Gasteiger partial charge in [0, 0.05) is 26.2 Å². The molecule has 2 fully saturated rings. The summed E-state index contributed by atoms with van der Waals surface area (Å²) < 4.78 is 5.31. The molecule has 1 atom stereocenters. The average molecular weight is 242 g/mol.